The number of rotatable bonds is 6. The summed E-state index contributed by atoms with van der Waals surface area (Å²) in [5, 5.41) is 7.99. The molecule has 28 heavy (non-hydrogen) atoms. The number of carbonyl (C=O) groups is 2. The van der Waals surface area contributed by atoms with Crippen LogP contribution in [0.1, 0.15) is 18.4 Å². The lowest BCUT2D eigenvalue weighted by Crippen LogP contribution is -2.28. The van der Waals surface area contributed by atoms with E-state index in [0.29, 0.717) is 11.4 Å². The van der Waals surface area contributed by atoms with Crippen LogP contribution in [0.4, 0.5) is 29.3 Å². The summed E-state index contributed by atoms with van der Waals surface area (Å²) in [5.74, 6) is -0.273. The SMILES string of the molecule is O=C(NCc1cccc(NC(=O)C2CC2)c1)Nc1ccc(OC(F)(F)F)cc1. The second kappa shape index (κ2) is 8.20. The monoisotopic (exact) mass is 393 g/mol. The summed E-state index contributed by atoms with van der Waals surface area (Å²) in [6.45, 7) is 0.217. The number of urea groups is 1. The molecule has 3 rings (SSSR count). The van der Waals surface area contributed by atoms with Crippen LogP contribution in [0.3, 0.4) is 0 Å². The van der Waals surface area contributed by atoms with Crippen molar-refractivity contribution in [3.8, 4) is 5.75 Å². The summed E-state index contributed by atoms with van der Waals surface area (Å²) in [6, 6.07) is 11.4. The van der Waals surface area contributed by atoms with Crippen molar-refractivity contribution >= 4 is 23.3 Å². The fourth-order valence-corrected chi connectivity index (χ4v) is 2.45. The van der Waals surface area contributed by atoms with E-state index in [9.17, 15) is 22.8 Å². The lowest BCUT2D eigenvalue weighted by Gasteiger charge is -2.11. The van der Waals surface area contributed by atoms with Crippen molar-refractivity contribution in [1.29, 1.82) is 0 Å². The van der Waals surface area contributed by atoms with Crippen LogP contribution < -0.4 is 20.7 Å². The highest BCUT2D eigenvalue weighted by Gasteiger charge is 2.31. The number of amides is 3. The largest absolute Gasteiger partial charge is 0.573 e. The van der Waals surface area contributed by atoms with Gasteiger partial charge in [-0.05, 0) is 54.8 Å². The lowest BCUT2D eigenvalue weighted by molar-refractivity contribution is -0.274. The number of hydrogen-bond donors (Lipinski definition) is 3. The summed E-state index contributed by atoms with van der Waals surface area (Å²) < 4.78 is 40.2. The van der Waals surface area contributed by atoms with Crippen molar-refractivity contribution in [2.45, 2.75) is 25.7 Å². The maximum absolute atomic E-state index is 12.1. The van der Waals surface area contributed by atoms with E-state index in [1.807, 2.05) is 0 Å². The van der Waals surface area contributed by atoms with E-state index in [1.165, 1.54) is 12.1 Å². The van der Waals surface area contributed by atoms with Gasteiger partial charge in [0.15, 0.2) is 0 Å². The highest BCUT2D eigenvalue weighted by molar-refractivity contribution is 5.94. The van der Waals surface area contributed by atoms with E-state index < -0.39 is 12.4 Å². The molecule has 2 aromatic rings. The molecule has 1 saturated carbocycles. The first-order valence-electron chi connectivity index (χ1n) is 8.59. The molecule has 0 heterocycles. The fourth-order valence-electron chi connectivity index (χ4n) is 2.45. The highest BCUT2D eigenvalue weighted by atomic mass is 19.4. The van der Waals surface area contributed by atoms with Crippen LogP contribution in [0, 0.1) is 5.92 Å². The van der Waals surface area contributed by atoms with Crippen LogP contribution in [0.2, 0.25) is 0 Å². The Balaban J connectivity index is 1.48. The number of nitrogens with one attached hydrogen (secondary N) is 3. The van der Waals surface area contributed by atoms with E-state index in [4.69, 9.17) is 0 Å². The van der Waals surface area contributed by atoms with Crippen LogP contribution in [0.5, 0.6) is 5.75 Å². The molecule has 0 unspecified atom stereocenters. The molecule has 2 aromatic carbocycles. The minimum Gasteiger partial charge on any atom is -0.406 e. The van der Waals surface area contributed by atoms with Gasteiger partial charge in [-0.1, -0.05) is 12.1 Å². The molecule has 148 valence electrons. The van der Waals surface area contributed by atoms with E-state index in [0.717, 1.165) is 30.5 Å². The Kier molecular flexibility index (Phi) is 5.72. The van der Waals surface area contributed by atoms with Gasteiger partial charge in [0, 0.05) is 23.8 Å². The third kappa shape index (κ3) is 6.19. The maximum atomic E-state index is 12.1. The van der Waals surface area contributed by atoms with Crippen molar-refractivity contribution in [3.63, 3.8) is 0 Å². The van der Waals surface area contributed by atoms with Crippen molar-refractivity contribution in [2.75, 3.05) is 10.6 Å². The van der Waals surface area contributed by atoms with Gasteiger partial charge in [-0.25, -0.2) is 4.79 Å². The van der Waals surface area contributed by atoms with Gasteiger partial charge >= 0.3 is 12.4 Å². The average Bonchev–Trinajstić information content (AvgIpc) is 3.46. The van der Waals surface area contributed by atoms with E-state index >= 15 is 0 Å². The zero-order chi connectivity index (χ0) is 20.1. The molecule has 0 bridgehead atoms. The Bertz CT molecular complexity index is 849. The van der Waals surface area contributed by atoms with Crippen LogP contribution in [-0.4, -0.2) is 18.3 Å². The molecule has 0 saturated heterocycles. The fraction of sp³-hybridized carbons (Fsp3) is 0.263. The molecule has 0 aliphatic heterocycles. The zero-order valence-corrected chi connectivity index (χ0v) is 14.7. The summed E-state index contributed by atoms with van der Waals surface area (Å²) in [4.78, 5) is 23.8. The predicted molar refractivity (Wildman–Crippen MR) is 96.8 cm³/mol. The van der Waals surface area contributed by atoms with E-state index in [-0.39, 0.29) is 24.1 Å². The molecule has 6 nitrogen and oxygen atoms in total. The first kappa shape index (κ1) is 19.5. The molecular weight excluding hydrogens is 375 g/mol. The van der Waals surface area contributed by atoms with Crippen molar-refractivity contribution in [3.05, 3.63) is 54.1 Å². The van der Waals surface area contributed by atoms with Gasteiger partial charge in [0.1, 0.15) is 5.75 Å². The summed E-state index contributed by atoms with van der Waals surface area (Å²) in [5.41, 5.74) is 1.77. The van der Waals surface area contributed by atoms with Gasteiger partial charge in [-0.3, -0.25) is 4.79 Å². The predicted octanol–water partition coefficient (Wildman–Crippen LogP) is 4.26. The molecule has 0 radical (unpaired) electrons. The molecular formula is C19H18F3N3O3. The Morgan fingerprint density at radius 1 is 1.00 bits per heavy atom. The number of halogens is 3. The second-order valence-corrected chi connectivity index (χ2v) is 6.34. The molecule has 1 aliphatic rings. The minimum atomic E-state index is -4.76. The van der Waals surface area contributed by atoms with Crippen LogP contribution in [-0.2, 0) is 11.3 Å². The van der Waals surface area contributed by atoms with Crippen LogP contribution >= 0.6 is 0 Å². The van der Waals surface area contributed by atoms with E-state index in [1.54, 1.807) is 24.3 Å². The summed E-state index contributed by atoms with van der Waals surface area (Å²) >= 11 is 0. The Morgan fingerprint density at radius 2 is 1.71 bits per heavy atom. The molecule has 0 aromatic heterocycles. The zero-order valence-electron chi connectivity index (χ0n) is 14.7. The topological polar surface area (TPSA) is 79.5 Å². The van der Waals surface area contributed by atoms with Crippen molar-refractivity contribution < 1.29 is 27.5 Å². The number of alkyl halides is 3. The molecule has 1 fully saturated rings. The van der Waals surface area contributed by atoms with Gasteiger partial charge in [-0.2, -0.15) is 0 Å². The normalized spacial score (nSPS) is 13.5. The summed E-state index contributed by atoms with van der Waals surface area (Å²) in [6.07, 6.45) is -2.94. The van der Waals surface area contributed by atoms with Gasteiger partial charge < -0.3 is 20.7 Å². The highest BCUT2D eigenvalue weighted by Crippen LogP contribution is 2.30. The Labute approximate surface area is 159 Å². The van der Waals surface area contributed by atoms with Gasteiger partial charge in [0.05, 0.1) is 0 Å². The second-order valence-electron chi connectivity index (χ2n) is 6.34. The molecule has 3 N–H and O–H groups in total. The third-order valence-corrected chi connectivity index (χ3v) is 3.94. The smallest absolute Gasteiger partial charge is 0.406 e. The third-order valence-electron chi connectivity index (χ3n) is 3.94. The lowest BCUT2D eigenvalue weighted by atomic mass is 10.2. The number of ether oxygens (including phenoxy) is 1. The molecule has 0 atom stereocenters. The van der Waals surface area contributed by atoms with Gasteiger partial charge in [0.25, 0.3) is 0 Å². The maximum Gasteiger partial charge on any atom is 0.573 e. The van der Waals surface area contributed by atoms with Crippen molar-refractivity contribution in [1.82, 2.24) is 5.32 Å². The minimum absolute atomic E-state index is 0.000742. The molecule has 0 spiro atoms. The number of benzene rings is 2. The quantitative estimate of drug-likeness (QED) is 0.686. The first-order valence-corrected chi connectivity index (χ1v) is 8.59. The van der Waals surface area contributed by atoms with Gasteiger partial charge in [-0.15, -0.1) is 13.2 Å². The van der Waals surface area contributed by atoms with E-state index in [2.05, 4.69) is 20.7 Å². The molecule has 1 aliphatic carbocycles. The Morgan fingerprint density at radius 3 is 2.36 bits per heavy atom. The number of carbonyl (C=O) groups excluding carboxylic acids is 2. The van der Waals surface area contributed by atoms with Crippen molar-refractivity contribution in [2.24, 2.45) is 5.92 Å². The number of anilines is 2. The van der Waals surface area contributed by atoms with Gasteiger partial charge in [0.2, 0.25) is 5.91 Å². The molecule has 9 heteroatoms. The van der Waals surface area contributed by atoms with Crippen LogP contribution in [0.25, 0.3) is 0 Å². The molecule has 3 amide bonds. The standard InChI is InChI=1S/C19H18F3N3O3/c20-19(21,22)28-16-8-6-14(7-9-16)25-18(27)23-11-12-2-1-3-15(10-12)24-17(26)13-4-5-13/h1-3,6-10,13H,4-5,11H2,(H,24,26)(H2,23,25,27). The first-order chi connectivity index (χ1) is 13.3. The summed E-state index contributed by atoms with van der Waals surface area (Å²) in [7, 11) is 0. The average molecular weight is 393 g/mol. The Hall–Kier alpha value is -3.23. The van der Waals surface area contributed by atoms with Crippen LogP contribution in [0.15, 0.2) is 48.5 Å². The number of hydrogen-bond acceptors (Lipinski definition) is 3.